The van der Waals surface area contributed by atoms with Crippen molar-refractivity contribution in [2.24, 2.45) is 5.92 Å². The zero-order valence-electron chi connectivity index (χ0n) is 18.3. The molecule has 34 heavy (non-hydrogen) atoms. The summed E-state index contributed by atoms with van der Waals surface area (Å²) in [6, 6.07) is 18.1. The predicted octanol–water partition coefficient (Wildman–Crippen LogP) is 1.72. The van der Waals surface area contributed by atoms with Crippen LogP contribution in [0, 0.1) is 5.92 Å². The first-order chi connectivity index (χ1) is 16.2. The van der Waals surface area contributed by atoms with Gasteiger partial charge in [-0.05, 0) is 16.4 Å². The van der Waals surface area contributed by atoms with Gasteiger partial charge in [-0.2, -0.15) is 8.42 Å². The summed E-state index contributed by atoms with van der Waals surface area (Å²) in [5, 5.41) is 0.402. The third-order valence-electron chi connectivity index (χ3n) is 5.65. The number of carbonyl (C=O) groups excluding carboxylic acids is 3. The third-order valence-corrected chi connectivity index (χ3v) is 6.21. The molecule has 0 bridgehead atoms. The highest BCUT2D eigenvalue weighted by Gasteiger charge is 2.57. The molecule has 2 fully saturated rings. The Hall–Kier alpha value is -3.28. The molecule has 2 aromatic carbocycles. The first kappa shape index (κ1) is 23.9. The van der Waals surface area contributed by atoms with Crippen molar-refractivity contribution in [1.82, 2.24) is 5.23 Å². The van der Waals surface area contributed by atoms with Crippen LogP contribution in [-0.4, -0.2) is 56.6 Å². The maximum absolute atomic E-state index is 13.5. The van der Waals surface area contributed by atoms with E-state index in [1.165, 1.54) is 0 Å². The van der Waals surface area contributed by atoms with Gasteiger partial charge in [0.1, 0.15) is 0 Å². The van der Waals surface area contributed by atoms with Crippen molar-refractivity contribution in [3.63, 3.8) is 0 Å². The van der Waals surface area contributed by atoms with Gasteiger partial charge in [0, 0.05) is 12.8 Å². The number of ether oxygens (including phenoxy) is 1. The predicted molar refractivity (Wildman–Crippen MR) is 116 cm³/mol. The first-order valence-corrected chi connectivity index (χ1v) is 12.4. The summed E-state index contributed by atoms with van der Waals surface area (Å²) >= 11 is 0. The second kappa shape index (κ2) is 9.53. The fraction of sp³-hybridized carbons (Fsp3) is 0.348. The Bertz CT molecular complexity index is 1130. The van der Waals surface area contributed by atoms with E-state index in [1.54, 1.807) is 24.3 Å². The molecule has 11 heteroatoms. The molecule has 0 aliphatic carbocycles. The lowest BCUT2D eigenvalue weighted by Crippen LogP contribution is -2.49. The minimum absolute atomic E-state index is 0.00903. The van der Waals surface area contributed by atoms with E-state index in [-0.39, 0.29) is 19.4 Å². The van der Waals surface area contributed by atoms with Gasteiger partial charge in [0.05, 0.1) is 31.3 Å². The maximum Gasteiger partial charge on any atom is 0.379 e. The summed E-state index contributed by atoms with van der Waals surface area (Å²) in [5.74, 6) is -4.02. The Morgan fingerprint density at radius 1 is 1.09 bits per heavy atom. The van der Waals surface area contributed by atoms with Crippen molar-refractivity contribution in [3.8, 4) is 0 Å². The molecular weight excluding hydrogens is 466 g/mol. The zero-order valence-corrected chi connectivity index (χ0v) is 19.1. The van der Waals surface area contributed by atoms with Crippen LogP contribution >= 0.6 is 0 Å². The number of hydroxylamine groups is 2. The van der Waals surface area contributed by atoms with Crippen molar-refractivity contribution in [1.29, 1.82) is 0 Å². The molecule has 0 radical (unpaired) electrons. The topological polar surface area (TPSA) is 126 Å². The molecule has 0 saturated carbocycles. The quantitative estimate of drug-likeness (QED) is 0.402. The molecule has 1 amide bonds. The van der Waals surface area contributed by atoms with E-state index < -0.39 is 52.0 Å². The van der Waals surface area contributed by atoms with Gasteiger partial charge >= 0.3 is 11.9 Å². The average Bonchev–Trinajstić information content (AvgIpc) is 3.37. The number of rotatable bonds is 8. The summed E-state index contributed by atoms with van der Waals surface area (Å²) in [6.07, 6.45) is 0.878. The molecule has 2 aliphatic rings. The van der Waals surface area contributed by atoms with Crippen molar-refractivity contribution < 1.29 is 41.4 Å². The van der Waals surface area contributed by atoms with Crippen LogP contribution in [0.15, 0.2) is 60.7 Å². The highest BCUT2D eigenvalue weighted by Crippen LogP contribution is 2.45. The lowest BCUT2D eigenvalue weighted by atomic mass is 9.76. The van der Waals surface area contributed by atoms with Crippen LogP contribution in [0.3, 0.4) is 0 Å². The number of hydrogen-bond acceptors (Lipinski definition) is 9. The second-order valence-electron chi connectivity index (χ2n) is 8.07. The van der Waals surface area contributed by atoms with E-state index in [4.69, 9.17) is 14.4 Å². The molecule has 2 atom stereocenters. The molecule has 2 aliphatic heterocycles. The number of cyclic esters (lactones) is 1. The van der Waals surface area contributed by atoms with Crippen LogP contribution in [0.25, 0.3) is 0 Å². The van der Waals surface area contributed by atoms with Crippen molar-refractivity contribution >= 4 is 28.0 Å². The maximum atomic E-state index is 13.5. The van der Waals surface area contributed by atoms with Crippen molar-refractivity contribution in [3.05, 3.63) is 71.8 Å². The van der Waals surface area contributed by atoms with E-state index in [1.807, 2.05) is 36.4 Å². The minimum Gasteiger partial charge on any atom is -0.446 e. The van der Waals surface area contributed by atoms with Crippen molar-refractivity contribution in [2.75, 3.05) is 19.5 Å². The normalized spacial score (nSPS) is 22.8. The number of carbonyl (C=O) groups is 3. The van der Waals surface area contributed by atoms with Crippen LogP contribution in [0.1, 0.15) is 29.9 Å². The fourth-order valence-corrected chi connectivity index (χ4v) is 4.48. The van der Waals surface area contributed by atoms with Gasteiger partial charge in [-0.15, -0.1) is 0 Å². The Labute approximate surface area is 196 Å². The highest BCUT2D eigenvalue weighted by molar-refractivity contribution is 7.85. The van der Waals surface area contributed by atoms with E-state index >= 15 is 0 Å². The SMILES string of the molecule is CS(=O)(=O)OCC1CON(OC(=O)C2(C(c3ccccc3)c3ccccc3)CCC(=O)O2)C1=O. The zero-order chi connectivity index (χ0) is 24.3. The Morgan fingerprint density at radius 2 is 1.68 bits per heavy atom. The second-order valence-corrected chi connectivity index (χ2v) is 9.72. The van der Waals surface area contributed by atoms with Gasteiger partial charge in [0.25, 0.3) is 16.0 Å². The Kier molecular flexibility index (Phi) is 6.69. The lowest BCUT2D eigenvalue weighted by Gasteiger charge is -2.34. The highest BCUT2D eigenvalue weighted by atomic mass is 32.2. The molecule has 10 nitrogen and oxygen atoms in total. The summed E-state index contributed by atoms with van der Waals surface area (Å²) in [4.78, 5) is 48.8. The molecule has 2 unspecified atom stereocenters. The van der Waals surface area contributed by atoms with Gasteiger partial charge < -0.3 is 9.57 Å². The summed E-state index contributed by atoms with van der Waals surface area (Å²) in [5.41, 5.74) is -0.313. The van der Waals surface area contributed by atoms with Gasteiger partial charge in [-0.3, -0.25) is 13.8 Å². The van der Waals surface area contributed by atoms with Crippen LogP contribution in [0.4, 0.5) is 0 Å². The Balaban J connectivity index is 1.63. The van der Waals surface area contributed by atoms with E-state index in [0.29, 0.717) is 16.4 Å². The number of amides is 1. The van der Waals surface area contributed by atoms with Gasteiger partial charge in [0.15, 0.2) is 0 Å². The van der Waals surface area contributed by atoms with Gasteiger partial charge in [-0.25, -0.2) is 9.63 Å². The summed E-state index contributed by atoms with van der Waals surface area (Å²) in [6.45, 7) is -0.697. The number of benzene rings is 2. The van der Waals surface area contributed by atoms with E-state index in [2.05, 4.69) is 4.18 Å². The molecule has 2 saturated heterocycles. The fourth-order valence-electron chi connectivity index (χ4n) is 4.07. The van der Waals surface area contributed by atoms with Crippen LogP contribution in [0.2, 0.25) is 0 Å². The van der Waals surface area contributed by atoms with E-state index in [9.17, 15) is 22.8 Å². The molecule has 180 valence electrons. The summed E-state index contributed by atoms with van der Waals surface area (Å²) < 4.78 is 32.7. The molecule has 4 rings (SSSR count). The number of hydrogen-bond donors (Lipinski definition) is 0. The molecule has 2 aromatic rings. The van der Waals surface area contributed by atoms with Crippen LogP contribution in [0.5, 0.6) is 0 Å². The van der Waals surface area contributed by atoms with E-state index in [0.717, 1.165) is 6.26 Å². The standard InChI is InChI=1S/C23H23NO9S/c1-34(28,29)31-15-18-14-30-24(21(18)26)33-22(27)23(13-12-19(25)32-23)20(16-8-4-2-5-9-16)17-10-6-3-7-11-17/h2-11,18,20H,12-15H2,1H3. The van der Waals surface area contributed by atoms with Gasteiger partial charge in [0.2, 0.25) is 5.60 Å². The van der Waals surface area contributed by atoms with Crippen molar-refractivity contribution in [2.45, 2.75) is 24.4 Å². The first-order valence-electron chi connectivity index (χ1n) is 10.5. The summed E-state index contributed by atoms with van der Waals surface area (Å²) in [7, 11) is -3.77. The minimum atomic E-state index is -3.77. The van der Waals surface area contributed by atoms with Crippen LogP contribution < -0.4 is 0 Å². The third kappa shape index (κ3) is 4.96. The monoisotopic (exact) mass is 489 g/mol. The molecule has 0 spiro atoms. The smallest absolute Gasteiger partial charge is 0.379 e. The number of nitrogens with zero attached hydrogens (tertiary/aromatic N) is 1. The largest absolute Gasteiger partial charge is 0.446 e. The van der Waals surface area contributed by atoms with Gasteiger partial charge in [-0.1, -0.05) is 60.7 Å². The molecule has 2 heterocycles. The molecule has 0 N–H and O–H groups in total. The molecular formula is C23H23NO9S. The lowest BCUT2D eigenvalue weighted by molar-refractivity contribution is -0.310. The van der Waals surface area contributed by atoms with Crippen LogP contribution in [-0.2, 0) is 43.1 Å². The number of esters is 1. The molecule has 0 aromatic heterocycles. The average molecular weight is 490 g/mol. The Morgan fingerprint density at radius 3 is 2.18 bits per heavy atom.